The number of morpholine rings is 1. The third-order valence-corrected chi connectivity index (χ3v) is 5.18. The monoisotopic (exact) mass is 390 g/mol. The number of rotatable bonds is 6. The lowest BCUT2D eigenvalue weighted by atomic mass is 10.2. The predicted octanol–water partition coefficient (Wildman–Crippen LogP) is 3.00. The maximum absolute atomic E-state index is 13.2. The van der Waals surface area contributed by atoms with E-state index in [0.717, 1.165) is 5.56 Å². The number of thioether (sulfide) groups is 1. The van der Waals surface area contributed by atoms with E-state index in [1.165, 1.54) is 23.9 Å². The van der Waals surface area contributed by atoms with E-state index < -0.39 is 0 Å². The van der Waals surface area contributed by atoms with E-state index >= 15 is 0 Å². The molecule has 0 unspecified atom stereocenters. The second-order valence-corrected chi connectivity index (χ2v) is 7.50. The predicted molar refractivity (Wildman–Crippen MR) is 103 cm³/mol. The number of halogens is 1. The van der Waals surface area contributed by atoms with E-state index in [4.69, 9.17) is 4.74 Å². The van der Waals surface area contributed by atoms with Crippen LogP contribution in [0.4, 0.5) is 4.39 Å². The van der Waals surface area contributed by atoms with Crippen molar-refractivity contribution in [2.45, 2.75) is 37.8 Å². The summed E-state index contributed by atoms with van der Waals surface area (Å²) in [4.78, 5) is 14.4. The van der Waals surface area contributed by atoms with Crippen LogP contribution in [-0.2, 0) is 16.1 Å². The topological polar surface area (TPSA) is 60.2 Å². The average Bonchev–Trinajstić information content (AvgIpc) is 3.02. The van der Waals surface area contributed by atoms with Crippen molar-refractivity contribution in [3.05, 3.63) is 42.7 Å². The quantitative estimate of drug-likeness (QED) is 0.561. The summed E-state index contributed by atoms with van der Waals surface area (Å²) in [6.07, 6.45) is 1.82. The van der Waals surface area contributed by atoms with E-state index in [-0.39, 0.29) is 29.7 Å². The summed E-state index contributed by atoms with van der Waals surface area (Å²) < 4.78 is 20.7. The second-order valence-electron chi connectivity index (χ2n) is 6.56. The molecular weight excluding hydrogens is 367 g/mol. The molecule has 6 nitrogen and oxygen atoms in total. The van der Waals surface area contributed by atoms with E-state index in [1.807, 2.05) is 23.3 Å². The number of hydrogen-bond acceptors (Lipinski definition) is 5. The first kappa shape index (κ1) is 19.6. The fourth-order valence-electron chi connectivity index (χ4n) is 3.10. The van der Waals surface area contributed by atoms with Crippen molar-refractivity contribution >= 4 is 17.7 Å². The van der Waals surface area contributed by atoms with Crippen molar-refractivity contribution in [2.75, 3.05) is 18.8 Å². The van der Waals surface area contributed by atoms with Gasteiger partial charge in [0.05, 0.1) is 18.0 Å². The Kier molecular flexibility index (Phi) is 6.28. The van der Waals surface area contributed by atoms with Crippen molar-refractivity contribution in [1.82, 2.24) is 19.7 Å². The zero-order chi connectivity index (χ0) is 19.4. The van der Waals surface area contributed by atoms with Crippen LogP contribution in [0.15, 0.2) is 42.1 Å². The van der Waals surface area contributed by atoms with Crippen LogP contribution in [0.1, 0.15) is 13.8 Å². The number of hydrogen-bond donors (Lipinski definition) is 0. The van der Waals surface area contributed by atoms with Gasteiger partial charge >= 0.3 is 0 Å². The molecular formula is C19H23FN4O2S. The summed E-state index contributed by atoms with van der Waals surface area (Å²) in [7, 11) is 0. The largest absolute Gasteiger partial charge is 0.372 e. The van der Waals surface area contributed by atoms with Crippen LogP contribution in [0.5, 0.6) is 0 Å². The Morgan fingerprint density at radius 3 is 2.59 bits per heavy atom. The van der Waals surface area contributed by atoms with Gasteiger partial charge in [0, 0.05) is 25.2 Å². The van der Waals surface area contributed by atoms with Crippen LogP contribution >= 0.6 is 11.8 Å². The molecule has 1 aliphatic heterocycles. The molecule has 1 aromatic carbocycles. The summed E-state index contributed by atoms with van der Waals surface area (Å²) in [5, 5.41) is 9.08. The fourth-order valence-corrected chi connectivity index (χ4v) is 3.95. The van der Waals surface area contributed by atoms with Gasteiger partial charge in [-0.15, -0.1) is 16.8 Å². The Balaban J connectivity index is 1.72. The molecule has 2 aromatic rings. The lowest BCUT2D eigenvalue weighted by Gasteiger charge is -2.35. The molecule has 0 radical (unpaired) electrons. The van der Waals surface area contributed by atoms with Crippen molar-refractivity contribution in [3.8, 4) is 11.4 Å². The molecule has 0 saturated carbocycles. The Labute approximate surface area is 162 Å². The highest BCUT2D eigenvalue weighted by atomic mass is 32.2. The van der Waals surface area contributed by atoms with E-state index in [1.54, 1.807) is 18.2 Å². The van der Waals surface area contributed by atoms with Crippen molar-refractivity contribution in [3.63, 3.8) is 0 Å². The number of aromatic nitrogens is 3. The molecule has 27 heavy (non-hydrogen) atoms. The van der Waals surface area contributed by atoms with Crippen molar-refractivity contribution < 1.29 is 13.9 Å². The number of nitrogens with zero attached hydrogens (tertiary/aromatic N) is 4. The Bertz CT molecular complexity index is 799. The molecule has 0 aliphatic carbocycles. The lowest BCUT2D eigenvalue weighted by Crippen LogP contribution is -2.48. The average molecular weight is 390 g/mol. The fraction of sp³-hybridized carbons (Fsp3) is 0.421. The zero-order valence-corrected chi connectivity index (χ0v) is 16.3. The number of allylic oxidation sites excluding steroid dienone is 1. The first-order chi connectivity index (χ1) is 13.0. The van der Waals surface area contributed by atoms with E-state index in [2.05, 4.69) is 16.8 Å². The third-order valence-electron chi connectivity index (χ3n) is 4.23. The normalized spacial score (nSPS) is 19.9. The van der Waals surface area contributed by atoms with Crippen LogP contribution in [-0.4, -0.2) is 56.6 Å². The lowest BCUT2D eigenvalue weighted by molar-refractivity contribution is -0.140. The summed E-state index contributed by atoms with van der Waals surface area (Å²) in [6, 6.07) is 6.10. The molecule has 0 bridgehead atoms. The number of carbonyl (C=O) groups excluding carboxylic acids is 1. The Morgan fingerprint density at radius 1 is 1.30 bits per heavy atom. The summed E-state index contributed by atoms with van der Waals surface area (Å²) >= 11 is 1.35. The highest BCUT2D eigenvalue weighted by molar-refractivity contribution is 7.99. The van der Waals surface area contributed by atoms with Gasteiger partial charge in [0.2, 0.25) is 5.91 Å². The van der Waals surface area contributed by atoms with E-state index in [9.17, 15) is 9.18 Å². The van der Waals surface area contributed by atoms with Gasteiger partial charge in [-0.25, -0.2) is 4.39 Å². The van der Waals surface area contributed by atoms with Gasteiger partial charge in [-0.3, -0.25) is 9.36 Å². The molecule has 1 fully saturated rings. The highest BCUT2D eigenvalue weighted by Crippen LogP contribution is 2.25. The molecule has 1 aliphatic rings. The van der Waals surface area contributed by atoms with Gasteiger partial charge in [0.1, 0.15) is 5.82 Å². The summed E-state index contributed by atoms with van der Waals surface area (Å²) in [5.74, 6) is 0.651. The van der Waals surface area contributed by atoms with Crippen LogP contribution in [0, 0.1) is 5.82 Å². The molecule has 1 saturated heterocycles. The molecule has 2 heterocycles. The molecule has 8 heteroatoms. The molecule has 3 rings (SSSR count). The first-order valence-corrected chi connectivity index (χ1v) is 9.82. The number of amides is 1. The minimum atomic E-state index is -0.303. The third kappa shape index (κ3) is 4.75. The van der Waals surface area contributed by atoms with Crippen LogP contribution in [0.25, 0.3) is 11.4 Å². The smallest absolute Gasteiger partial charge is 0.233 e. The molecule has 144 valence electrons. The minimum Gasteiger partial charge on any atom is -0.372 e. The maximum Gasteiger partial charge on any atom is 0.233 e. The number of benzene rings is 1. The maximum atomic E-state index is 13.2. The van der Waals surface area contributed by atoms with Crippen molar-refractivity contribution in [2.24, 2.45) is 0 Å². The van der Waals surface area contributed by atoms with Gasteiger partial charge < -0.3 is 9.64 Å². The highest BCUT2D eigenvalue weighted by Gasteiger charge is 2.26. The standard InChI is InChI=1S/C19H23FN4O2S/c1-4-9-24-18(15-5-7-16(20)8-6-15)21-22-19(24)27-12-17(25)23-10-13(2)26-14(3)11-23/h4-8,13-14H,1,9-12H2,2-3H3/t13-,14+. The zero-order valence-electron chi connectivity index (χ0n) is 15.5. The first-order valence-electron chi connectivity index (χ1n) is 8.84. The Morgan fingerprint density at radius 2 is 1.96 bits per heavy atom. The van der Waals surface area contributed by atoms with Gasteiger partial charge in [-0.05, 0) is 38.1 Å². The Hall–Kier alpha value is -2.19. The van der Waals surface area contributed by atoms with Gasteiger partial charge in [0.15, 0.2) is 11.0 Å². The summed E-state index contributed by atoms with van der Waals surface area (Å²) in [6.45, 7) is 9.42. The van der Waals surface area contributed by atoms with Crippen LogP contribution in [0.2, 0.25) is 0 Å². The SMILES string of the molecule is C=CCn1c(SCC(=O)N2C[C@@H](C)O[C@@H](C)C2)nnc1-c1ccc(F)cc1. The number of ether oxygens (including phenoxy) is 1. The number of carbonyl (C=O) groups is 1. The molecule has 1 aromatic heterocycles. The summed E-state index contributed by atoms with van der Waals surface area (Å²) in [5.41, 5.74) is 0.764. The van der Waals surface area contributed by atoms with Crippen LogP contribution < -0.4 is 0 Å². The second kappa shape index (κ2) is 8.67. The van der Waals surface area contributed by atoms with Gasteiger partial charge in [-0.1, -0.05) is 17.8 Å². The molecule has 0 N–H and O–H groups in total. The van der Waals surface area contributed by atoms with E-state index in [0.29, 0.717) is 30.6 Å². The van der Waals surface area contributed by atoms with Gasteiger partial charge in [0.25, 0.3) is 0 Å². The molecule has 0 spiro atoms. The van der Waals surface area contributed by atoms with Crippen LogP contribution in [0.3, 0.4) is 0 Å². The molecule has 1 amide bonds. The molecule has 2 atom stereocenters. The minimum absolute atomic E-state index is 0.0391. The van der Waals surface area contributed by atoms with Crippen molar-refractivity contribution in [1.29, 1.82) is 0 Å². The van der Waals surface area contributed by atoms with Gasteiger partial charge in [-0.2, -0.15) is 0 Å².